The minimum absolute atomic E-state index is 0.214. The third-order valence-electron chi connectivity index (χ3n) is 3.63. The normalized spacial score (nSPS) is 24.9. The number of hydrogen-bond acceptors (Lipinski definition) is 2. The van der Waals surface area contributed by atoms with Gasteiger partial charge in [0, 0.05) is 24.7 Å². The average Bonchev–Trinajstić information content (AvgIpc) is 2.77. The van der Waals surface area contributed by atoms with Crippen molar-refractivity contribution in [1.82, 2.24) is 15.1 Å². The highest BCUT2D eigenvalue weighted by Gasteiger charge is 2.45. The Morgan fingerprint density at radius 1 is 1.47 bits per heavy atom. The molecule has 1 N–H and O–H groups in total. The molecule has 1 aliphatic heterocycles. The van der Waals surface area contributed by atoms with E-state index in [1.165, 1.54) is 0 Å². The molecule has 1 aliphatic rings. The van der Waals surface area contributed by atoms with Crippen molar-refractivity contribution in [2.24, 2.45) is 5.92 Å². The van der Waals surface area contributed by atoms with Gasteiger partial charge in [-0.3, -0.25) is 4.68 Å². The maximum Gasteiger partial charge on any atom is 0.393 e. The molecule has 2 heterocycles. The van der Waals surface area contributed by atoms with Crippen molar-refractivity contribution in [2.75, 3.05) is 6.54 Å². The van der Waals surface area contributed by atoms with E-state index >= 15 is 0 Å². The molecule has 3 nitrogen and oxygen atoms in total. The van der Waals surface area contributed by atoms with Gasteiger partial charge in [0.1, 0.15) is 0 Å². The lowest BCUT2D eigenvalue weighted by Gasteiger charge is -2.33. The fourth-order valence-corrected chi connectivity index (χ4v) is 2.56. The monoisotopic (exact) mass is 275 g/mol. The Kier molecular flexibility index (Phi) is 4.18. The number of aromatic nitrogens is 2. The standard InChI is InChI=1S/C13H20F3N3/c1-9(2)19-7-5-10(18-19)8-12-11(13(14,15)16)4-3-6-17-12/h5,7,9,11-12,17H,3-4,6,8H2,1-2H3. The van der Waals surface area contributed by atoms with E-state index in [0.717, 1.165) is 5.69 Å². The lowest BCUT2D eigenvalue weighted by atomic mass is 9.87. The molecule has 0 radical (unpaired) electrons. The van der Waals surface area contributed by atoms with Gasteiger partial charge < -0.3 is 5.32 Å². The summed E-state index contributed by atoms with van der Waals surface area (Å²) in [7, 11) is 0. The Hall–Kier alpha value is -1.04. The molecule has 108 valence electrons. The summed E-state index contributed by atoms with van der Waals surface area (Å²) >= 11 is 0. The van der Waals surface area contributed by atoms with Crippen LogP contribution in [0.4, 0.5) is 13.2 Å². The summed E-state index contributed by atoms with van der Waals surface area (Å²) in [5.74, 6) is -1.26. The lowest BCUT2D eigenvalue weighted by Crippen LogP contribution is -2.48. The number of halogens is 3. The predicted molar refractivity (Wildman–Crippen MR) is 66.9 cm³/mol. The molecule has 2 unspecified atom stereocenters. The minimum atomic E-state index is -4.13. The fraction of sp³-hybridized carbons (Fsp3) is 0.769. The molecule has 0 aliphatic carbocycles. The van der Waals surface area contributed by atoms with Crippen LogP contribution in [0, 0.1) is 5.92 Å². The first-order valence-corrected chi connectivity index (χ1v) is 6.72. The zero-order valence-electron chi connectivity index (χ0n) is 11.2. The van der Waals surface area contributed by atoms with Gasteiger partial charge in [-0.25, -0.2) is 0 Å². The smallest absolute Gasteiger partial charge is 0.313 e. The SMILES string of the molecule is CC(C)n1ccc(CC2NCCCC2C(F)(F)F)n1. The highest BCUT2D eigenvalue weighted by Crippen LogP contribution is 2.35. The van der Waals surface area contributed by atoms with E-state index in [9.17, 15) is 13.2 Å². The van der Waals surface area contributed by atoms with Crippen LogP contribution in [0.1, 0.15) is 38.4 Å². The molecule has 1 fully saturated rings. The molecule has 0 saturated carbocycles. The van der Waals surface area contributed by atoms with Crippen molar-refractivity contribution in [1.29, 1.82) is 0 Å². The van der Waals surface area contributed by atoms with Gasteiger partial charge in [0.05, 0.1) is 11.6 Å². The van der Waals surface area contributed by atoms with E-state index in [0.29, 0.717) is 19.4 Å². The number of piperidine rings is 1. The number of alkyl halides is 3. The summed E-state index contributed by atoms with van der Waals surface area (Å²) in [5.41, 5.74) is 0.724. The second kappa shape index (κ2) is 5.53. The van der Waals surface area contributed by atoms with Gasteiger partial charge in [-0.05, 0) is 39.3 Å². The molecule has 2 rings (SSSR count). The van der Waals surface area contributed by atoms with Gasteiger partial charge in [0.25, 0.3) is 0 Å². The highest BCUT2D eigenvalue weighted by atomic mass is 19.4. The van der Waals surface area contributed by atoms with Crippen LogP contribution in [0.2, 0.25) is 0 Å². The highest BCUT2D eigenvalue weighted by molar-refractivity contribution is 5.04. The van der Waals surface area contributed by atoms with E-state index in [4.69, 9.17) is 0 Å². The summed E-state index contributed by atoms with van der Waals surface area (Å²) in [4.78, 5) is 0. The molecule has 1 aromatic heterocycles. The minimum Gasteiger partial charge on any atom is -0.313 e. The van der Waals surface area contributed by atoms with E-state index in [1.54, 1.807) is 4.68 Å². The molecule has 0 bridgehead atoms. The molecule has 0 amide bonds. The lowest BCUT2D eigenvalue weighted by molar-refractivity contribution is -0.188. The van der Waals surface area contributed by atoms with Gasteiger partial charge >= 0.3 is 6.18 Å². The zero-order chi connectivity index (χ0) is 14.0. The van der Waals surface area contributed by atoms with E-state index in [2.05, 4.69) is 10.4 Å². The number of nitrogens with one attached hydrogen (secondary N) is 1. The molecule has 1 saturated heterocycles. The zero-order valence-corrected chi connectivity index (χ0v) is 11.2. The third kappa shape index (κ3) is 3.49. The molecule has 6 heteroatoms. The molecule has 0 aromatic carbocycles. The topological polar surface area (TPSA) is 29.9 Å². The maximum absolute atomic E-state index is 13.0. The van der Waals surface area contributed by atoms with Crippen LogP contribution in [0.3, 0.4) is 0 Å². The molecule has 19 heavy (non-hydrogen) atoms. The number of nitrogens with zero attached hydrogens (tertiary/aromatic N) is 2. The molecular weight excluding hydrogens is 255 g/mol. The second-order valence-electron chi connectivity index (χ2n) is 5.44. The van der Waals surface area contributed by atoms with Crippen molar-refractivity contribution in [3.63, 3.8) is 0 Å². The van der Waals surface area contributed by atoms with Crippen LogP contribution >= 0.6 is 0 Å². The third-order valence-corrected chi connectivity index (χ3v) is 3.63. The largest absolute Gasteiger partial charge is 0.393 e. The van der Waals surface area contributed by atoms with Crippen LogP contribution in [-0.4, -0.2) is 28.5 Å². The Morgan fingerprint density at radius 2 is 2.21 bits per heavy atom. The van der Waals surface area contributed by atoms with Crippen molar-refractivity contribution in [3.8, 4) is 0 Å². The predicted octanol–water partition coefficient (Wildman–Crippen LogP) is 2.94. The van der Waals surface area contributed by atoms with Crippen molar-refractivity contribution < 1.29 is 13.2 Å². The van der Waals surface area contributed by atoms with Gasteiger partial charge in [0.2, 0.25) is 0 Å². The molecular formula is C13H20F3N3. The summed E-state index contributed by atoms with van der Waals surface area (Å²) in [5, 5.41) is 7.32. The van der Waals surface area contributed by atoms with Gasteiger partial charge in [-0.15, -0.1) is 0 Å². The van der Waals surface area contributed by atoms with E-state index < -0.39 is 18.1 Å². The summed E-state index contributed by atoms with van der Waals surface area (Å²) in [6, 6.07) is 1.49. The fourth-order valence-electron chi connectivity index (χ4n) is 2.56. The maximum atomic E-state index is 13.0. The van der Waals surface area contributed by atoms with E-state index in [-0.39, 0.29) is 12.5 Å². The van der Waals surface area contributed by atoms with Crippen LogP contribution in [0.5, 0.6) is 0 Å². The molecule has 0 spiro atoms. The second-order valence-corrected chi connectivity index (χ2v) is 5.44. The van der Waals surface area contributed by atoms with Gasteiger partial charge in [0.15, 0.2) is 0 Å². The summed E-state index contributed by atoms with van der Waals surface area (Å²) < 4.78 is 40.7. The Bertz CT molecular complexity index is 412. The van der Waals surface area contributed by atoms with Gasteiger partial charge in [-0.2, -0.15) is 18.3 Å². The number of hydrogen-bond donors (Lipinski definition) is 1. The quantitative estimate of drug-likeness (QED) is 0.919. The van der Waals surface area contributed by atoms with Crippen LogP contribution in [-0.2, 0) is 6.42 Å². The van der Waals surface area contributed by atoms with Gasteiger partial charge in [-0.1, -0.05) is 0 Å². The van der Waals surface area contributed by atoms with Crippen LogP contribution in [0.25, 0.3) is 0 Å². The summed E-state index contributed by atoms with van der Waals surface area (Å²) in [6.45, 7) is 4.64. The van der Waals surface area contributed by atoms with E-state index in [1.807, 2.05) is 26.1 Å². The molecule has 2 atom stereocenters. The van der Waals surface area contributed by atoms with Crippen LogP contribution in [0.15, 0.2) is 12.3 Å². The first-order valence-electron chi connectivity index (χ1n) is 6.72. The Balaban J connectivity index is 2.06. The summed E-state index contributed by atoms with van der Waals surface area (Å²) in [6.07, 6.45) is -1.17. The van der Waals surface area contributed by atoms with Crippen molar-refractivity contribution in [3.05, 3.63) is 18.0 Å². The van der Waals surface area contributed by atoms with Crippen molar-refractivity contribution >= 4 is 0 Å². The average molecular weight is 275 g/mol. The molecule has 1 aromatic rings. The first-order chi connectivity index (χ1) is 8.88. The Morgan fingerprint density at radius 3 is 2.79 bits per heavy atom. The number of rotatable bonds is 3. The van der Waals surface area contributed by atoms with Crippen molar-refractivity contribution in [2.45, 2.75) is 51.4 Å². The first kappa shape index (κ1) is 14.4. The Labute approximate surface area is 111 Å². The van der Waals surface area contributed by atoms with Crippen LogP contribution < -0.4 is 5.32 Å².